The number of aromatic nitrogens is 1. The lowest BCUT2D eigenvalue weighted by Crippen LogP contribution is -2.23. The van der Waals surface area contributed by atoms with Gasteiger partial charge in [-0.3, -0.25) is 10.0 Å². The second-order valence-electron chi connectivity index (χ2n) is 5.41. The third kappa shape index (κ3) is 3.80. The summed E-state index contributed by atoms with van der Waals surface area (Å²) in [5, 5.41) is 7.44. The number of anilines is 2. The zero-order valence-corrected chi connectivity index (χ0v) is 14.9. The van der Waals surface area contributed by atoms with Crippen molar-refractivity contribution < 1.29 is 14.1 Å². The van der Waals surface area contributed by atoms with Gasteiger partial charge in [0.2, 0.25) is 0 Å². The molecule has 0 aliphatic carbocycles. The highest BCUT2D eigenvalue weighted by atomic mass is 32.2. The number of rotatable bonds is 5. The maximum atomic E-state index is 12.2. The van der Waals surface area contributed by atoms with Gasteiger partial charge in [0.15, 0.2) is 11.4 Å². The number of hydrogen-bond acceptors (Lipinski definition) is 6. The quantitative estimate of drug-likeness (QED) is 0.677. The van der Waals surface area contributed by atoms with E-state index >= 15 is 0 Å². The molecule has 0 spiro atoms. The monoisotopic (exact) mass is 358 g/mol. The predicted molar refractivity (Wildman–Crippen MR) is 99.3 cm³/mol. The molecule has 3 rings (SSSR count). The van der Waals surface area contributed by atoms with Crippen molar-refractivity contribution in [3.63, 3.8) is 0 Å². The minimum atomic E-state index is -0.392. The van der Waals surface area contributed by atoms with Gasteiger partial charge in [-0.1, -0.05) is 17.3 Å². The third-order valence-electron chi connectivity index (χ3n) is 3.49. The molecule has 2 N–H and O–H groups in total. The molecule has 0 aliphatic rings. The van der Waals surface area contributed by atoms with Gasteiger partial charge in [0, 0.05) is 19.0 Å². The molecular formula is C17H18N4O3S. The van der Waals surface area contributed by atoms with Gasteiger partial charge in [-0.25, -0.2) is 4.79 Å². The lowest BCUT2D eigenvalue weighted by Gasteiger charge is -2.13. The van der Waals surface area contributed by atoms with Crippen LogP contribution in [-0.4, -0.2) is 32.4 Å². The number of urea groups is 1. The molecule has 0 bridgehead atoms. The van der Waals surface area contributed by atoms with E-state index in [1.807, 2.05) is 61.5 Å². The summed E-state index contributed by atoms with van der Waals surface area (Å²) in [6.45, 7) is 0. The van der Waals surface area contributed by atoms with Crippen LogP contribution in [0.4, 0.5) is 16.3 Å². The zero-order chi connectivity index (χ0) is 17.8. The van der Waals surface area contributed by atoms with Crippen LogP contribution in [0, 0.1) is 0 Å². The Bertz CT molecular complexity index is 894. The van der Waals surface area contributed by atoms with E-state index in [1.54, 1.807) is 7.11 Å². The molecule has 7 nitrogen and oxygen atoms in total. The molecule has 0 aliphatic heterocycles. The predicted octanol–water partition coefficient (Wildman–Crippen LogP) is 3.73. The van der Waals surface area contributed by atoms with E-state index in [9.17, 15) is 4.79 Å². The summed E-state index contributed by atoms with van der Waals surface area (Å²) in [5.41, 5.74) is 1.52. The van der Waals surface area contributed by atoms with Crippen molar-refractivity contribution in [3.05, 3.63) is 42.5 Å². The number of fused-ring (bicyclic) bond motifs is 1. The molecule has 130 valence electrons. The standard InChI is InChI=1S/C17H18N4O3S/c1-21(2)13-8-5-9-14-15(13)16(19-24-14)18-17(22)20-25-12-7-4-6-11(10-12)23-3/h4-10H,1-3H3,(H2,18,19,20,22). The minimum absolute atomic E-state index is 0.378. The highest BCUT2D eigenvalue weighted by Crippen LogP contribution is 2.32. The Balaban J connectivity index is 1.72. The molecule has 3 aromatic rings. The van der Waals surface area contributed by atoms with Crippen molar-refractivity contribution in [2.45, 2.75) is 4.90 Å². The minimum Gasteiger partial charge on any atom is -0.497 e. The molecule has 0 radical (unpaired) electrons. The molecular weight excluding hydrogens is 340 g/mol. The summed E-state index contributed by atoms with van der Waals surface area (Å²) in [4.78, 5) is 15.0. The molecule has 2 aromatic carbocycles. The molecule has 0 atom stereocenters. The first-order chi connectivity index (χ1) is 12.1. The molecule has 1 heterocycles. The van der Waals surface area contributed by atoms with E-state index in [0.29, 0.717) is 11.4 Å². The molecule has 1 aromatic heterocycles. The number of hydrogen-bond donors (Lipinski definition) is 2. The Hall–Kier alpha value is -2.87. The first-order valence-corrected chi connectivity index (χ1v) is 8.33. The molecule has 0 saturated carbocycles. The summed E-state index contributed by atoms with van der Waals surface area (Å²) < 4.78 is 13.2. The number of methoxy groups -OCH3 is 1. The van der Waals surface area contributed by atoms with Gasteiger partial charge in [0.05, 0.1) is 18.2 Å². The summed E-state index contributed by atoms with van der Waals surface area (Å²) in [6.07, 6.45) is 0. The van der Waals surface area contributed by atoms with Crippen LogP contribution in [0.25, 0.3) is 11.0 Å². The van der Waals surface area contributed by atoms with Crippen LogP contribution in [0.1, 0.15) is 0 Å². The van der Waals surface area contributed by atoms with Crippen LogP contribution >= 0.6 is 11.9 Å². The fourth-order valence-corrected chi connectivity index (χ4v) is 2.92. The topological polar surface area (TPSA) is 79.6 Å². The van der Waals surface area contributed by atoms with Crippen molar-refractivity contribution in [3.8, 4) is 5.75 Å². The average molecular weight is 358 g/mol. The average Bonchev–Trinajstić information content (AvgIpc) is 3.03. The zero-order valence-electron chi connectivity index (χ0n) is 14.1. The fourth-order valence-electron chi connectivity index (χ4n) is 2.34. The number of carbonyl (C=O) groups excluding carboxylic acids is 1. The van der Waals surface area contributed by atoms with Gasteiger partial charge >= 0.3 is 6.03 Å². The lowest BCUT2D eigenvalue weighted by atomic mass is 10.2. The number of nitrogens with one attached hydrogen (secondary N) is 2. The summed E-state index contributed by atoms with van der Waals surface area (Å²) >= 11 is 1.18. The van der Waals surface area contributed by atoms with Gasteiger partial charge in [-0.2, -0.15) is 0 Å². The normalized spacial score (nSPS) is 10.5. The van der Waals surface area contributed by atoms with Crippen LogP contribution in [0.15, 0.2) is 51.9 Å². The van der Waals surface area contributed by atoms with Gasteiger partial charge in [-0.05, 0) is 42.3 Å². The van der Waals surface area contributed by atoms with Crippen LogP contribution in [-0.2, 0) is 0 Å². The van der Waals surface area contributed by atoms with E-state index in [0.717, 1.165) is 21.7 Å². The van der Waals surface area contributed by atoms with E-state index in [1.165, 1.54) is 11.9 Å². The summed E-state index contributed by atoms with van der Waals surface area (Å²) in [5.74, 6) is 1.10. The van der Waals surface area contributed by atoms with Gasteiger partial charge in [-0.15, -0.1) is 0 Å². The number of amides is 2. The maximum absolute atomic E-state index is 12.2. The van der Waals surface area contributed by atoms with Crippen LogP contribution < -0.4 is 19.7 Å². The summed E-state index contributed by atoms with van der Waals surface area (Å²) in [7, 11) is 5.44. The number of carbonyl (C=O) groups is 1. The molecule has 0 fully saturated rings. The Morgan fingerprint density at radius 3 is 2.80 bits per heavy atom. The fraction of sp³-hybridized carbons (Fsp3) is 0.176. The van der Waals surface area contributed by atoms with E-state index in [-0.39, 0.29) is 0 Å². The van der Waals surface area contributed by atoms with Crippen molar-refractivity contribution >= 4 is 40.5 Å². The van der Waals surface area contributed by atoms with Gasteiger partial charge in [0.25, 0.3) is 0 Å². The van der Waals surface area contributed by atoms with E-state index < -0.39 is 6.03 Å². The number of nitrogens with zero attached hydrogens (tertiary/aromatic N) is 2. The second kappa shape index (κ2) is 7.35. The van der Waals surface area contributed by atoms with E-state index in [4.69, 9.17) is 9.26 Å². The molecule has 8 heteroatoms. The first kappa shape index (κ1) is 17.0. The summed E-state index contributed by atoms with van der Waals surface area (Å²) in [6, 6.07) is 12.6. The SMILES string of the molecule is COc1cccc(SNC(=O)Nc2noc3cccc(N(C)C)c23)c1. The van der Waals surface area contributed by atoms with Crippen LogP contribution in [0.3, 0.4) is 0 Å². The number of ether oxygens (including phenoxy) is 1. The number of benzene rings is 2. The molecule has 25 heavy (non-hydrogen) atoms. The Morgan fingerprint density at radius 2 is 2.04 bits per heavy atom. The Labute approximate surface area is 149 Å². The Morgan fingerprint density at radius 1 is 1.24 bits per heavy atom. The van der Waals surface area contributed by atoms with Crippen LogP contribution in [0.5, 0.6) is 5.75 Å². The van der Waals surface area contributed by atoms with Crippen molar-refractivity contribution in [2.75, 3.05) is 31.4 Å². The van der Waals surface area contributed by atoms with Gasteiger partial charge < -0.3 is 14.2 Å². The van der Waals surface area contributed by atoms with Crippen molar-refractivity contribution in [1.29, 1.82) is 0 Å². The highest BCUT2D eigenvalue weighted by molar-refractivity contribution is 7.98. The van der Waals surface area contributed by atoms with Gasteiger partial charge in [0.1, 0.15) is 5.75 Å². The largest absolute Gasteiger partial charge is 0.497 e. The van der Waals surface area contributed by atoms with Crippen molar-refractivity contribution in [2.24, 2.45) is 0 Å². The van der Waals surface area contributed by atoms with E-state index in [2.05, 4.69) is 15.2 Å². The lowest BCUT2D eigenvalue weighted by molar-refractivity contribution is 0.257. The molecule has 0 saturated heterocycles. The Kier molecular flexibility index (Phi) is 4.99. The van der Waals surface area contributed by atoms with Crippen molar-refractivity contribution in [1.82, 2.24) is 9.88 Å². The third-order valence-corrected chi connectivity index (χ3v) is 4.27. The highest BCUT2D eigenvalue weighted by Gasteiger charge is 2.16. The first-order valence-electron chi connectivity index (χ1n) is 7.52. The molecule has 2 amide bonds. The molecule has 0 unspecified atom stereocenters. The van der Waals surface area contributed by atoms with Crippen LogP contribution in [0.2, 0.25) is 0 Å². The smallest absolute Gasteiger partial charge is 0.330 e. The maximum Gasteiger partial charge on any atom is 0.330 e. The second-order valence-corrected chi connectivity index (χ2v) is 6.29.